The van der Waals surface area contributed by atoms with Gasteiger partial charge < -0.3 is 19.9 Å². The van der Waals surface area contributed by atoms with E-state index in [-0.39, 0.29) is 19.8 Å². The van der Waals surface area contributed by atoms with Gasteiger partial charge in [-0.3, -0.25) is 0 Å². The van der Waals surface area contributed by atoms with Crippen LogP contribution in [0, 0.1) is 5.41 Å². The number of benzene rings is 1. The van der Waals surface area contributed by atoms with E-state index in [2.05, 4.69) is 0 Å². The van der Waals surface area contributed by atoms with Gasteiger partial charge in [-0.2, -0.15) is 13.2 Å². The van der Waals surface area contributed by atoms with Crippen LogP contribution in [0.15, 0.2) is 24.3 Å². The first-order valence-electron chi connectivity index (χ1n) is 7.40. The summed E-state index contributed by atoms with van der Waals surface area (Å²) < 4.78 is 51.8. The number of esters is 1. The maximum atomic E-state index is 12.2. The lowest BCUT2D eigenvalue weighted by Crippen LogP contribution is -2.36. The minimum Gasteiger partial charge on any atom is -0.461 e. The van der Waals surface area contributed by atoms with Gasteiger partial charge in [-0.05, 0) is 31.2 Å². The van der Waals surface area contributed by atoms with E-state index in [0.29, 0.717) is 17.9 Å². The molecule has 0 heterocycles. The molecule has 0 bridgehead atoms. The normalized spacial score (nSPS) is 14.2. The van der Waals surface area contributed by atoms with Gasteiger partial charge >= 0.3 is 12.1 Å². The van der Waals surface area contributed by atoms with Crippen LogP contribution in [0.25, 0.3) is 0 Å². The van der Waals surface area contributed by atoms with Crippen LogP contribution in [0.5, 0.6) is 0 Å². The molecule has 0 aromatic heterocycles. The van der Waals surface area contributed by atoms with Gasteiger partial charge in [0.05, 0.1) is 18.8 Å². The molecule has 0 radical (unpaired) electrons. The number of nitrogens with two attached hydrogens (primary N) is 1. The highest BCUT2D eigenvalue weighted by Gasteiger charge is 2.32. The molecule has 0 saturated carbocycles. The SMILES string of the molecule is CCOCC(C)(COCC(F)(F)F)COC(=O)c1ccc(N)cc1. The maximum Gasteiger partial charge on any atom is 0.411 e. The molecule has 0 fully saturated rings. The third-order valence-corrected chi connectivity index (χ3v) is 3.07. The molecular weight excluding hydrogens is 327 g/mol. The molecule has 0 spiro atoms. The van der Waals surface area contributed by atoms with Crippen LogP contribution >= 0.6 is 0 Å². The molecule has 1 aromatic rings. The van der Waals surface area contributed by atoms with E-state index in [1.165, 1.54) is 12.1 Å². The lowest BCUT2D eigenvalue weighted by atomic mass is 9.94. The average molecular weight is 349 g/mol. The van der Waals surface area contributed by atoms with Crippen molar-refractivity contribution >= 4 is 11.7 Å². The van der Waals surface area contributed by atoms with E-state index in [1.54, 1.807) is 26.0 Å². The van der Waals surface area contributed by atoms with Crippen molar-refractivity contribution in [2.75, 3.05) is 38.8 Å². The third kappa shape index (κ3) is 7.65. The molecule has 1 aromatic carbocycles. The first-order chi connectivity index (χ1) is 11.2. The summed E-state index contributed by atoms with van der Waals surface area (Å²) in [4.78, 5) is 12.0. The Kier molecular flexibility index (Phi) is 7.50. The van der Waals surface area contributed by atoms with Crippen molar-refractivity contribution in [3.63, 3.8) is 0 Å². The quantitative estimate of drug-likeness (QED) is 0.548. The Morgan fingerprint density at radius 1 is 1.04 bits per heavy atom. The van der Waals surface area contributed by atoms with Gasteiger partial charge in [0.15, 0.2) is 0 Å². The molecule has 0 saturated heterocycles. The fraction of sp³-hybridized carbons (Fsp3) is 0.562. The Bertz CT molecular complexity index is 519. The highest BCUT2D eigenvalue weighted by atomic mass is 19.4. The Labute approximate surface area is 138 Å². The Morgan fingerprint density at radius 2 is 1.62 bits per heavy atom. The lowest BCUT2D eigenvalue weighted by Gasteiger charge is -2.28. The molecule has 136 valence electrons. The first-order valence-corrected chi connectivity index (χ1v) is 7.40. The molecule has 0 aliphatic rings. The predicted molar refractivity (Wildman–Crippen MR) is 82.6 cm³/mol. The zero-order valence-corrected chi connectivity index (χ0v) is 13.7. The van der Waals surface area contributed by atoms with E-state index in [0.717, 1.165) is 0 Å². The summed E-state index contributed by atoms with van der Waals surface area (Å²) in [5.74, 6) is -0.589. The number of carbonyl (C=O) groups excluding carboxylic acids is 1. The van der Waals surface area contributed by atoms with Gasteiger partial charge in [0.2, 0.25) is 0 Å². The number of rotatable bonds is 9. The summed E-state index contributed by atoms with van der Waals surface area (Å²) in [5, 5.41) is 0. The van der Waals surface area contributed by atoms with Crippen LogP contribution in [-0.4, -0.2) is 45.2 Å². The lowest BCUT2D eigenvalue weighted by molar-refractivity contribution is -0.184. The molecular formula is C16H22F3NO4. The maximum absolute atomic E-state index is 12.2. The van der Waals surface area contributed by atoms with Gasteiger partial charge in [0.1, 0.15) is 13.2 Å². The molecule has 0 amide bonds. The number of hydrogen-bond donors (Lipinski definition) is 1. The van der Waals surface area contributed by atoms with E-state index in [9.17, 15) is 18.0 Å². The zero-order chi connectivity index (χ0) is 18.2. The molecule has 1 atom stereocenters. The van der Waals surface area contributed by atoms with E-state index >= 15 is 0 Å². The minimum atomic E-state index is -4.41. The second-order valence-corrected chi connectivity index (χ2v) is 5.75. The highest BCUT2D eigenvalue weighted by Crippen LogP contribution is 2.22. The average Bonchev–Trinajstić information content (AvgIpc) is 2.50. The zero-order valence-electron chi connectivity index (χ0n) is 13.7. The van der Waals surface area contributed by atoms with Crippen molar-refractivity contribution in [2.45, 2.75) is 20.0 Å². The predicted octanol–water partition coefficient (Wildman–Crippen LogP) is 3.05. The molecule has 24 heavy (non-hydrogen) atoms. The second kappa shape index (κ2) is 8.89. The summed E-state index contributed by atoms with van der Waals surface area (Å²) in [6.45, 7) is 2.15. The van der Waals surface area contributed by atoms with Crippen LogP contribution in [0.4, 0.5) is 18.9 Å². The standard InChI is InChI=1S/C16H22F3NO4/c1-3-22-8-15(2,9-23-11-16(17,18)19)10-24-14(21)12-4-6-13(20)7-5-12/h4-7H,3,8-11,20H2,1-2H3. The summed E-state index contributed by atoms with van der Waals surface area (Å²) >= 11 is 0. The molecule has 2 N–H and O–H groups in total. The largest absolute Gasteiger partial charge is 0.461 e. The third-order valence-electron chi connectivity index (χ3n) is 3.07. The molecule has 5 nitrogen and oxygen atoms in total. The van der Waals surface area contributed by atoms with Crippen molar-refractivity contribution in [3.8, 4) is 0 Å². The van der Waals surface area contributed by atoms with Crippen molar-refractivity contribution in [1.82, 2.24) is 0 Å². The van der Waals surface area contributed by atoms with Crippen molar-refractivity contribution in [3.05, 3.63) is 29.8 Å². The Hall–Kier alpha value is -1.80. The molecule has 8 heteroatoms. The van der Waals surface area contributed by atoms with Gasteiger partial charge in [0.25, 0.3) is 0 Å². The number of anilines is 1. The van der Waals surface area contributed by atoms with E-state index in [1.807, 2.05) is 0 Å². The number of hydrogen-bond acceptors (Lipinski definition) is 5. The second-order valence-electron chi connectivity index (χ2n) is 5.75. The first kappa shape index (κ1) is 20.2. The highest BCUT2D eigenvalue weighted by molar-refractivity contribution is 5.89. The van der Waals surface area contributed by atoms with Crippen LogP contribution in [0.2, 0.25) is 0 Å². The van der Waals surface area contributed by atoms with Gasteiger partial charge in [-0.1, -0.05) is 6.92 Å². The Balaban J connectivity index is 2.60. The number of carbonyl (C=O) groups is 1. The number of ether oxygens (including phenoxy) is 3. The summed E-state index contributed by atoms with van der Waals surface area (Å²) in [5.41, 5.74) is 5.47. The molecule has 0 aliphatic heterocycles. The molecule has 0 aliphatic carbocycles. The van der Waals surface area contributed by atoms with Crippen LogP contribution in [-0.2, 0) is 14.2 Å². The minimum absolute atomic E-state index is 0.108. The molecule has 1 rings (SSSR count). The number of halogens is 3. The van der Waals surface area contributed by atoms with Crippen LogP contribution < -0.4 is 5.73 Å². The van der Waals surface area contributed by atoms with Crippen molar-refractivity contribution in [2.24, 2.45) is 5.41 Å². The van der Waals surface area contributed by atoms with Crippen molar-refractivity contribution in [1.29, 1.82) is 0 Å². The van der Waals surface area contributed by atoms with E-state index < -0.39 is 24.2 Å². The fourth-order valence-corrected chi connectivity index (χ4v) is 1.83. The van der Waals surface area contributed by atoms with Gasteiger partial charge in [-0.15, -0.1) is 0 Å². The van der Waals surface area contributed by atoms with Crippen LogP contribution in [0.1, 0.15) is 24.2 Å². The molecule has 1 unspecified atom stereocenters. The summed E-state index contributed by atoms with van der Waals surface area (Å²) in [7, 11) is 0. The topological polar surface area (TPSA) is 70.8 Å². The number of nitrogen functional groups attached to an aromatic ring is 1. The van der Waals surface area contributed by atoms with Gasteiger partial charge in [0, 0.05) is 17.7 Å². The smallest absolute Gasteiger partial charge is 0.411 e. The van der Waals surface area contributed by atoms with E-state index in [4.69, 9.17) is 19.9 Å². The fourth-order valence-electron chi connectivity index (χ4n) is 1.83. The Morgan fingerprint density at radius 3 is 2.17 bits per heavy atom. The summed E-state index contributed by atoms with van der Waals surface area (Å²) in [6.07, 6.45) is -4.41. The number of alkyl halides is 3. The summed E-state index contributed by atoms with van der Waals surface area (Å²) in [6, 6.07) is 6.14. The monoisotopic (exact) mass is 349 g/mol. The van der Waals surface area contributed by atoms with Crippen LogP contribution in [0.3, 0.4) is 0 Å². The van der Waals surface area contributed by atoms with Gasteiger partial charge in [-0.25, -0.2) is 4.79 Å². The van der Waals surface area contributed by atoms with Crippen molar-refractivity contribution < 1.29 is 32.2 Å².